The highest BCUT2D eigenvalue weighted by atomic mass is 32.1. The molecule has 0 spiro atoms. The van der Waals surface area contributed by atoms with Crippen LogP contribution in [-0.2, 0) is 0 Å². The third-order valence-corrected chi connectivity index (χ3v) is 8.29. The zero-order chi connectivity index (χ0) is 22.2. The minimum absolute atomic E-state index is 1.20. The largest absolute Gasteiger partial charge is 0.308 e. The molecule has 8 rings (SSSR count). The van der Waals surface area contributed by atoms with E-state index in [0.29, 0.717) is 0 Å². The number of hydrogen-bond acceptors (Lipinski definition) is 1. The van der Waals surface area contributed by atoms with E-state index in [1.54, 1.807) is 0 Å². The van der Waals surface area contributed by atoms with Crippen molar-refractivity contribution in [2.24, 2.45) is 0 Å². The predicted octanol–water partition coefficient (Wildman–Crippen LogP) is 9.46. The molecule has 2 heterocycles. The molecule has 0 aliphatic heterocycles. The fourth-order valence-corrected chi connectivity index (χ4v) is 6.92. The van der Waals surface area contributed by atoms with E-state index in [1.807, 2.05) is 11.3 Å². The van der Waals surface area contributed by atoms with Crippen molar-refractivity contribution in [3.63, 3.8) is 0 Å². The van der Waals surface area contributed by atoms with E-state index < -0.39 is 0 Å². The van der Waals surface area contributed by atoms with Crippen molar-refractivity contribution in [1.82, 2.24) is 4.57 Å². The van der Waals surface area contributed by atoms with Crippen LogP contribution in [0.1, 0.15) is 0 Å². The van der Waals surface area contributed by atoms with Crippen LogP contribution in [0.2, 0.25) is 0 Å². The van der Waals surface area contributed by atoms with Crippen molar-refractivity contribution < 1.29 is 0 Å². The Labute approximate surface area is 200 Å². The van der Waals surface area contributed by atoms with Crippen LogP contribution < -0.4 is 0 Å². The summed E-state index contributed by atoms with van der Waals surface area (Å²) < 4.78 is 5.19. The average Bonchev–Trinajstić information content (AvgIpc) is 3.45. The number of hydrogen-bond donors (Lipinski definition) is 0. The minimum atomic E-state index is 1.20. The topological polar surface area (TPSA) is 4.93 Å². The minimum Gasteiger partial charge on any atom is -0.308 e. The summed E-state index contributed by atoms with van der Waals surface area (Å²) in [5.41, 5.74) is 3.79. The number of rotatable bonds is 1. The van der Waals surface area contributed by atoms with Crippen molar-refractivity contribution in [2.45, 2.75) is 0 Å². The molecule has 2 aromatic heterocycles. The zero-order valence-corrected chi connectivity index (χ0v) is 19.1. The quantitative estimate of drug-likeness (QED) is 0.220. The number of nitrogens with zero attached hydrogens (tertiary/aromatic N) is 1. The van der Waals surface area contributed by atoms with Crippen LogP contribution in [0.15, 0.2) is 115 Å². The fraction of sp³-hybridized carbons (Fsp3) is 0. The molecule has 158 valence electrons. The Morgan fingerprint density at radius 1 is 0.382 bits per heavy atom. The summed E-state index contributed by atoms with van der Waals surface area (Å²) in [4.78, 5) is 0. The number of fused-ring (bicyclic) bond motifs is 12. The van der Waals surface area contributed by atoms with Crippen LogP contribution in [0.3, 0.4) is 0 Å². The second kappa shape index (κ2) is 6.69. The normalized spacial score (nSPS) is 12.1. The monoisotopic (exact) mass is 449 g/mol. The van der Waals surface area contributed by atoms with E-state index in [4.69, 9.17) is 0 Å². The lowest BCUT2D eigenvalue weighted by Gasteiger charge is -2.12. The molecule has 1 nitrogen and oxygen atoms in total. The lowest BCUT2D eigenvalue weighted by Crippen LogP contribution is -1.94. The van der Waals surface area contributed by atoms with Crippen LogP contribution in [0.4, 0.5) is 0 Å². The van der Waals surface area contributed by atoms with Crippen molar-refractivity contribution >= 4 is 74.9 Å². The Morgan fingerprint density at radius 3 is 1.76 bits per heavy atom. The first-order chi connectivity index (χ1) is 16.9. The van der Waals surface area contributed by atoms with Crippen LogP contribution >= 0.6 is 11.3 Å². The highest BCUT2D eigenvalue weighted by Gasteiger charge is 2.21. The summed E-state index contributed by atoms with van der Waals surface area (Å²) in [6.45, 7) is 0. The van der Waals surface area contributed by atoms with E-state index >= 15 is 0 Å². The van der Waals surface area contributed by atoms with Gasteiger partial charge >= 0.3 is 0 Å². The molecule has 2 heteroatoms. The van der Waals surface area contributed by atoms with E-state index in [0.717, 1.165) is 0 Å². The van der Waals surface area contributed by atoms with Gasteiger partial charge in [0.1, 0.15) is 0 Å². The molecule has 0 unspecified atom stereocenters. The Kier molecular flexibility index (Phi) is 3.60. The lowest BCUT2D eigenvalue weighted by molar-refractivity contribution is 1.19. The third kappa shape index (κ3) is 2.28. The molecule has 0 bridgehead atoms. The zero-order valence-electron chi connectivity index (χ0n) is 18.3. The van der Waals surface area contributed by atoms with Gasteiger partial charge in [0.25, 0.3) is 0 Å². The molecule has 0 aliphatic rings. The SMILES string of the molecule is c1ccc(-n2c3c(ccc4sc5ccccc5c43)c3c4ccccc4c4ccccc4c32)cc1. The van der Waals surface area contributed by atoms with Gasteiger partial charge in [0.15, 0.2) is 0 Å². The van der Waals surface area contributed by atoms with Gasteiger partial charge in [-0.25, -0.2) is 0 Å². The van der Waals surface area contributed by atoms with Gasteiger partial charge in [0.2, 0.25) is 0 Å². The second-order valence-electron chi connectivity index (χ2n) is 8.92. The van der Waals surface area contributed by atoms with Gasteiger partial charge in [-0.3, -0.25) is 0 Å². The van der Waals surface area contributed by atoms with Crippen molar-refractivity contribution in [3.05, 3.63) is 115 Å². The van der Waals surface area contributed by atoms with Crippen LogP contribution in [0.5, 0.6) is 0 Å². The summed E-state index contributed by atoms with van der Waals surface area (Å²) in [5.74, 6) is 0. The Bertz CT molecular complexity index is 2060. The smallest absolute Gasteiger partial charge is 0.0634 e. The van der Waals surface area contributed by atoms with E-state index in [9.17, 15) is 0 Å². The summed E-state index contributed by atoms with van der Waals surface area (Å²) in [6.07, 6.45) is 0. The van der Waals surface area contributed by atoms with Crippen molar-refractivity contribution in [1.29, 1.82) is 0 Å². The molecular formula is C32H19NS. The van der Waals surface area contributed by atoms with Crippen LogP contribution in [0.25, 0.3) is 69.2 Å². The molecule has 0 aliphatic carbocycles. The third-order valence-electron chi connectivity index (χ3n) is 7.15. The fourth-order valence-electron chi connectivity index (χ4n) is 5.81. The molecule has 0 fully saturated rings. The predicted molar refractivity (Wildman–Crippen MR) is 149 cm³/mol. The lowest BCUT2D eigenvalue weighted by atomic mass is 9.96. The molecule has 0 radical (unpaired) electrons. The second-order valence-corrected chi connectivity index (χ2v) is 10.0. The van der Waals surface area contributed by atoms with Gasteiger partial charge < -0.3 is 4.57 Å². The average molecular weight is 450 g/mol. The van der Waals surface area contributed by atoms with Gasteiger partial charge in [-0.2, -0.15) is 0 Å². The van der Waals surface area contributed by atoms with Crippen molar-refractivity contribution in [2.75, 3.05) is 0 Å². The van der Waals surface area contributed by atoms with E-state index in [1.165, 1.54) is 69.2 Å². The molecule has 0 N–H and O–H groups in total. The van der Waals surface area contributed by atoms with Gasteiger partial charge in [-0.1, -0.05) is 91.0 Å². The maximum atomic E-state index is 2.51. The first kappa shape index (κ1) is 18.3. The summed E-state index contributed by atoms with van der Waals surface area (Å²) in [7, 11) is 0. The first-order valence-electron chi connectivity index (χ1n) is 11.6. The number of benzene rings is 6. The maximum Gasteiger partial charge on any atom is 0.0634 e. The Balaban J connectivity index is 1.79. The number of thiophene rings is 1. The van der Waals surface area contributed by atoms with Gasteiger partial charge in [0, 0.05) is 42.0 Å². The molecule has 0 saturated heterocycles. The molecule has 6 aromatic carbocycles. The van der Waals surface area contributed by atoms with Gasteiger partial charge in [-0.05, 0) is 40.4 Å². The first-order valence-corrected chi connectivity index (χ1v) is 12.4. The molecule has 34 heavy (non-hydrogen) atoms. The number of aromatic nitrogens is 1. The van der Waals surface area contributed by atoms with Crippen LogP contribution in [-0.4, -0.2) is 4.57 Å². The van der Waals surface area contributed by atoms with E-state index in [-0.39, 0.29) is 0 Å². The summed E-state index contributed by atoms with van der Waals surface area (Å²) >= 11 is 1.88. The molecule has 0 atom stereocenters. The highest BCUT2D eigenvalue weighted by Crippen LogP contribution is 2.47. The highest BCUT2D eigenvalue weighted by molar-refractivity contribution is 7.26. The van der Waals surface area contributed by atoms with Gasteiger partial charge in [0.05, 0.1) is 11.0 Å². The summed E-state index contributed by atoms with van der Waals surface area (Å²) in [6, 6.07) is 42.1. The molecular weight excluding hydrogens is 430 g/mol. The van der Waals surface area contributed by atoms with Gasteiger partial charge in [-0.15, -0.1) is 11.3 Å². The molecule has 0 amide bonds. The molecule has 0 saturated carbocycles. The Hall–Kier alpha value is -4.14. The molecule has 8 aromatic rings. The number of para-hydroxylation sites is 1. The van der Waals surface area contributed by atoms with Crippen LogP contribution in [0, 0.1) is 0 Å². The van der Waals surface area contributed by atoms with Crippen molar-refractivity contribution in [3.8, 4) is 5.69 Å². The summed E-state index contributed by atoms with van der Waals surface area (Å²) in [5, 5.41) is 10.6. The Morgan fingerprint density at radius 2 is 0.971 bits per heavy atom. The van der Waals surface area contributed by atoms with E-state index in [2.05, 4.69) is 120 Å². The maximum absolute atomic E-state index is 2.51. The standard InChI is InChI=1S/C32H19NS/c1-2-10-20(11-3-1)33-31-24-15-7-5-13-22(24)21-12-4-6-14-23(21)29(31)26-18-19-28-30(32(26)33)25-16-8-9-17-27(25)34-28/h1-19H.